The minimum absolute atomic E-state index is 0.0586. The summed E-state index contributed by atoms with van der Waals surface area (Å²) in [6.45, 7) is 5.09. The van der Waals surface area contributed by atoms with Gasteiger partial charge in [0, 0.05) is 38.5 Å². The Balaban J connectivity index is 1.52. The van der Waals surface area contributed by atoms with Crippen LogP contribution < -0.4 is 5.32 Å². The zero-order valence-electron chi connectivity index (χ0n) is 11.9. The quantitative estimate of drug-likeness (QED) is 0.888. The number of nitrogens with one attached hydrogen (secondary N) is 1. The number of aryl methyl sites for hydroxylation is 1. The molecule has 2 aliphatic rings. The Morgan fingerprint density at radius 1 is 1.40 bits per heavy atom. The fourth-order valence-corrected chi connectivity index (χ4v) is 2.88. The molecular weight excluding hydrogens is 256 g/mol. The van der Waals surface area contributed by atoms with Crippen molar-refractivity contribution >= 4 is 6.03 Å². The highest BCUT2D eigenvalue weighted by Crippen LogP contribution is 2.21. The molecule has 2 fully saturated rings. The molecule has 6 nitrogen and oxygen atoms in total. The molecule has 2 amide bonds. The zero-order chi connectivity index (χ0) is 13.9. The first-order valence-electron chi connectivity index (χ1n) is 7.36. The van der Waals surface area contributed by atoms with Gasteiger partial charge in [-0.1, -0.05) is 0 Å². The zero-order valence-corrected chi connectivity index (χ0v) is 11.9. The van der Waals surface area contributed by atoms with Crippen LogP contribution in [0, 0.1) is 6.92 Å². The van der Waals surface area contributed by atoms with Crippen molar-refractivity contribution in [3.63, 3.8) is 0 Å². The highest BCUT2D eigenvalue weighted by molar-refractivity contribution is 5.74. The van der Waals surface area contributed by atoms with Gasteiger partial charge in [-0.05, 0) is 31.7 Å². The maximum Gasteiger partial charge on any atom is 0.317 e. The second-order valence-corrected chi connectivity index (χ2v) is 5.72. The third-order valence-corrected chi connectivity index (χ3v) is 4.10. The molecule has 20 heavy (non-hydrogen) atoms. The number of aromatic nitrogens is 2. The lowest BCUT2D eigenvalue weighted by Gasteiger charge is -2.26. The van der Waals surface area contributed by atoms with Gasteiger partial charge in [0.05, 0.1) is 12.2 Å². The summed E-state index contributed by atoms with van der Waals surface area (Å²) in [6.07, 6.45) is 6.72. The number of ether oxygens (including phenoxy) is 1. The van der Waals surface area contributed by atoms with Gasteiger partial charge < -0.3 is 15.0 Å². The second-order valence-electron chi connectivity index (χ2n) is 5.72. The van der Waals surface area contributed by atoms with Crippen LogP contribution in [0.1, 0.15) is 30.9 Å². The maximum atomic E-state index is 12.2. The number of urea groups is 1. The minimum Gasteiger partial charge on any atom is -0.381 e. The Kier molecular flexibility index (Phi) is 3.91. The summed E-state index contributed by atoms with van der Waals surface area (Å²) < 4.78 is 7.29. The van der Waals surface area contributed by atoms with Crippen LogP contribution in [-0.2, 0) is 4.74 Å². The molecule has 0 radical (unpaired) electrons. The van der Waals surface area contributed by atoms with E-state index in [0.29, 0.717) is 6.04 Å². The van der Waals surface area contributed by atoms with Crippen LogP contribution in [-0.4, -0.2) is 53.1 Å². The summed E-state index contributed by atoms with van der Waals surface area (Å²) in [5.74, 6) is 0. The van der Waals surface area contributed by atoms with Gasteiger partial charge in [-0.15, -0.1) is 0 Å². The van der Waals surface area contributed by atoms with Crippen LogP contribution in [0.15, 0.2) is 12.4 Å². The summed E-state index contributed by atoms with van der Waals surface area (Å²) in [7, 11) is 0. The van der Waals surface area contributed by atoms with E-state index in [9.17, 15) is 4.79 Å². The molecule has 0 bridgehead atoms. The predicted molar refractivity (Wildman–Crippen MR) is 74.6 cm³/mol. The third kappa shape index (κ3) is 2.95. The van der Waals surface area contributed by atoms with Crippen LogP contribution in [0.4, 0.5) is 4.79 Å². The normalized spacial score (nSPS) is 24.1. The van der Waals surface area contributed by atoms with Gasteiger partial charge in [0.2, 0.25) is 0 Å². The fourth-order valence-electron chi connectivity index (χ4n) is 2.88. The van der Waals surface area contributed by atoms with Crippen LogP contribution in [0.25, 0.3) is 0 Å². The van der Waals surface area contributed by atoms with E-state index in [4.69, 9.17) is 4.74 Å². The van der Waals surface area contributed by atoms with E-state index in [-0.39, 0.29) is 12.1 Å². The number of rotatable bonds is 2. The van der Waals surface area contributed by atoms with Crippen molar-refractivity contribution < 1.29 is 9.53 Å². The Morgan fingerprint density at radius 3 is 2.90 bits per heavy atom. The van der Waals surface area contributed by atoms with E-state index < -0.39 is 0 Å². The molecule has 0 aliphatic carbocycles. The second kappa shape index (κ2) is 5.83. The van der Waals surface area contributed by atoms with Crippen LogP contribution in [0.3, 0.4) is 0 Å². The van der Waals surface area contributed by atoms with Crippen molar-refractivity contribution in [3.05, 3.63) is 18.0 Å². The first-order valence-corrected chi connectivity index (χ1v) is 7.36. The fraction of sp³-hybridized carbons (Fsp3) is 0.714. The molecule has 0 saturated carbocycles. The molecule has 110 valence electrons. The smallest absolute Gasteiger partial charge is 0.317 e. The van der Waals surface area contributed by atoms with Crippen molar-refractivity contribution in [1.82, 2.24) is 20.0 Å². The molecule has 0 spiro atoms. The first kappa shape index (κ1) is 13.4. The van der Waals surface area contributed by atoms with E-state index >= 15 is 0 Å². The van der Waals surface area contributed by atoms with E-state index in [1.165, 1.54) is 0 Å². The van der Waals surface area contributed by atoms with Gasteiger partial charge in [0.1, 0.15) is 0 Å². The highest BCUT2D eigenvalue weighted by atomic mass is 16.5. The molecule has 1 aromatic rings. The molecule has 1 unspecified atom stereocenters. The molecule has 1 N–H and O–H groups in total. The maximum absolute atomic E-state index is 12.2. The van der Waals surface area contributed by atoms with E-state index in [2.05, 4.69) is 10.4 Å². The van der Waals surface area contributed by atoms with E-state index in [0.717, 1.165) is 51.1 Å². The molecule has 6 heteroatoms. The van der Waals surface area contributed by atoms with Gasteiger partial charge in [-0.25, -0.2) is 4.79 Å². The van der Waals surface area contributed by atoms with E-state index in [1.54, 1.807) is 0 Å². The van der Waals surface area contributed by atoms with Gasteiger partial charge >= 0.3 is 6.03 Å². The summed E-state index contributed by atoms with van der Waals surface area (Å²) >= 11 is 0. The Hall–Kier alpha value is -1.56. The van der Waals surface area contributed by atoms with Crippen LogP contribution in [0.2, 0.25) is 0 Å². The highest BCUT2D eigenvalue weighted by Gasteiger charge is 2.29. The number of carbonyl (C=O) groups excluding carboxylic acids is 1. The predicted octanol–water partition coefficient (Wildman–Crippen LogP) is 1.33. The van der Waals surface area contributed by atoms with Crippen LogP contribution >= 0.6 is 0 Å². The minimum atomic E-state index is 0.0586. The summed E-state index contributed by atoms with van der Waals surface area (Å²) in [5, 5.41) is 7.46. The molecule has 1 aromatic heterocycles. The molecule has 1 atom stereocenters. The monoisotopic (exact) mass is 278 g/mol. The third-order valence-electron chi connectivity index (χ3n) is 4.10. The average Bonchev–Trinajstić information content (AvgIpc) is 3.08. The first-order chi connectivity index (χ1) is 9.72. The van der Waals surface area contributed by atoms with Gasteiger partial charge in [-0.3, -0.25) is 4.68 Å². The lowest BCUT2D eigenvalue weighted by Crippen LogP contribution is -2.45. The van der Waals surface area contributed by atoms with Crippen LogP contribution in [0.5, 0.6) is 0 Å². The number of hydrogen-bond donors (Lipinski definition) is 1. The average molecular weight is 278 g/mol. The number of carbonyl (C=O) groups is 1. The standard InChI is InChI=1S/C14H22N4O2/c1-11-8-15-18(9-11)13-2-5-17(10-13)14(19)16-12-3-6-20-7-4-12/h8-9,12-13H,2-7,10H2,1H3,(H,16,19). The van der Waals surface area contributed by atoms with Gasteiger partial charge in [-0.2, -0.15) is 5.10 Å². The molecule has 2 saturated heterocycles. The SMILES string of the molecule is Cc1cnn(C2CCN(C(=O)NC3CCOCC3)C2)c1. The van der Waals surface area contributed by atoms with Crippen molar-refractivity contribution in [3.8, 4) is 0 Å². The largest absolute Gasteiger partial charge is 0.381 e. The van der Waals surface area contributed by atoms with Gasteiger partial charge in [0.25, 0.3) is 0 Å². The van der Waals surface area contributed by atoms with E-state index in [1.807, 2.05) is 28.9 Å². The summed E-state index contributed by atoms with van der Waals surface area (Å²) in [6, 6.07) is 0.634. The number of hydrogen-bond acceptors (Lipinski definition) is 3. The lowest BCUT2D eigenvalue weighted by molar-refractivity contribution is 0.0784. The molecule has 0 aromatic carbocycles. The molecule has 3 heterocycles. The van der Waals surface area contributed by atoms with Crippen molar-refractivity contribution in [1.29, 1.82) is 0 Å². The van der Waals surface area contributed by atoms with Crippen molar-refractivity contribution in [2.24, 2.45) is 0 Å². The summed E-state index contributed by atoms with van der Waals surface area (Å²) in [5.41, 5.74) is 1.16. The Bertz CT molecular complexity index is 467. The lowest BCUT2D eigenvalue weighted by atomic mass is 10.1. The topological polar surface area (TPSA) is 59.4 Å². The van der Waals surface area contributed by atoms with Crippen molar-refractivity contribution in [2.45, 2.75) is 38.3 Å². The number of amides is 2. The molecular formula is C14H22N4O2. The molecule has 2 aliphatic heterocycles. The Morgan fingerprint density at radius 2 is 2.20 bits per heavy atom. The number of nitrogens with zero attached hydrogens (tertiary/aromatic N) is 3. The summed E-state index contributed by atoms with van der Waals surface area (Å²) in [4.78, 5) is 14.1. The number of likely N-dealkylation sites (tertiary alicyclic amines) is 1. The van der Waals surface area contributed by atoms with Crippen molar-refractivity contribution in [2.75, 3.05) is 26.3 Å². The molecule has 3 rings (SSSR count). The Labute approximate surface area is 119 Å². The van der Waals surface area contributed by atoms with Gasteiger partial charge in [0.15, 0.2) is 0 Å².